The van der Waals surface area contributed by atoms with Gasteiger partial charge in [-0.2, -0.15) is 0 Å². The topological polar surface area (TPSA) is 80.5 Å². The van der Waals surface area contributed by atoms with Crippen LogP contribution < -0.4 is 4.31 Å². The Kier molecular flexibility index (Phi) is 3.62. The van der Waals surface area contributed by atoms with Crippen LogP contribution in [0.4, 0.5) is 10.2 Å². The van der Waals surface area contributed by atoms with Gasteiger partial charge in [-0.3, -0.25) is 4.40 Å². The second-order valence-electron chi connectivity index (χ2n) is 5.76. The van der Waals surface area contributed by atoms with Crippen LogP contribution in [-0.4, -0.2) is 35.0 Å². The molecule has 0 aliphatic rings. The molecule has 132 valence electrons. The lowest BCUT2D eigenvalue weighted by Crippen LogP contribution is -2.28. The first-order valence-corrected chi connectivity index (χ1v) is 9.18. The van der Waals surface area contributed by atoms with Gasteiger partial charge in [0, 0.05) is 7.05 Å². The van der Waals surface area contributed by atoms with Crippen molar-refractivity contribution in [3.05, 3.63) is 60.2 Å². The van der Waals surface area contributed by atoms with E-state index in [1.807, 2.05) is 18.2 Å². The maximum absolute atomic E-state index is 13.1. The smallest absolute Gasteiger partial charge is 0.265 e. The van der Waals surface area contributed by atoms with Crippen molar-refractivity contribution >= 4 is 32.5 Å². The molecular weight excluding hydrogens is 357 g/mol. The molecule has 2 heterocycles. The fourth-order valence-electron chi connectivity index (χ4n) is 2.80. The summed E-state index contributed by atoms with van der Waals surface area (Å²) in [4.78, 5) is 4.44. The lowest BCUT2D eigenvalue weighted by atomic mass is 10.3. The number of aromatic nitrogens is 4. The molecule has 0 aliphatic heterocycles. The van der Waals surface area contributed by atoms with Crippen LogP contribution >= 0.6 is 0 Å². The summed E-state index contributed by atoms with van der Waals surface area (Å²) in [6, 6.07) is 12.0. The third-order valence-electron chi connectivity index (χ3n) is 4.14. The van der Waals surface area contributed by atoms with E-state index >= 15 is 0 Å². The zero-order valence-corrected chi connectivity index (χ0v) is 14.8. The number of sulfonamides is 1. The van der Waals surface area contributed by atoms with Gasteiger partial charge in [0.25, 0.3) is 10.0 Å². The number of aryl methyl sites for hydroxylation is 1. The Balaban J connectivity index is 1.96. The first-order valence-electron chi connectivity index (χ1n) is 7.74. The van der Waals surface area contributed by atoms with Crippen LogP contribution in [0.3, 0.4) is 0 Å². The molecular formula is C17H14FN5O2S. The molecule has 0 saturated heterocycles. The lowest BCUT2D eigenvalue weighted by Gasteiger charge is -2.19. The van der Waals surface area contributed by atoms with Gasteiger partial charge in [-0.15, -0.1) is 10.2 Å². The van der Waals surface area contributed by atoms with E-state index in [0.717, 1.165) is 22.0 Å². The van der Waals surface area contributed by atoms with E-state index < -0.39 is 15.8 Å². The summed E-state index contributed by atoms with van der Waals surface area (Å²) in [6.07, 6.45) is 0. The molecule has 2 aromatic carbocycles. The lowest BCUT2D eigenvalue weighted by molar-refractivity contribution is 0.592. The highest BCUT2D eigenvalue weighted by atomic mass is 32.2. The molecule has 4 aromatic rings. The van der Waals surface area contributed by atoms with Crippen molar-refractivity contribution in [1.29, 1.82) is 0 Å². The van der Waals surface area contributed by atoms with Crippen molar-refractivity contribution in [2.45, 2.75) is 11.8 Å². The SMILES string of the molecule is Cc1nnc2c(N(C)S(=O)(=O)c3ccc(F)cc3)nc3ccccc3n12. The maximum Gasteiger partial charge on any atom is 0.265 e. The number of halogens is 1. The summed E-state index contributed by atoms with van der Waals surface area (Å²) in [6.45, 7) is 1.78. The summed E-state index contributed by atoms with van der Waals surface area (Å²) in [5.41, 5.74) is 1.72. The molecule has 0 N–H and O–H groups in total. The van der Waals surface area contributed by atoms with E-state index in [0.29, 0.717) is 17.0 Å². The van der Waals surface area contributed by atoms with Gasteiger partial charge in [0.2, 0.25) is 5.65 Å². The third kappa shape index (κ3) is 2.39. The van der Waals surface area contributed by atoms with Crippen molar-refractivity contribution < 1.29 is 12.8 Å². The van der Waals surface area contributed by atoms with Gasteiger partial charge in [0.1, 0.15) is 11.6 Å². The predicted molar refractivity (Wildman–Crippen MR) is 95.0 cm³/mol. The molecule has 0 radical (unpaired) electrons. The van der Waals surface area contributed by atoms with Gasteiger partial charge in [0.15, 0.2) is 5.82 Å². The first kappa shape index (κ1) is 16.4. The maximum atomic E-state index is 13.1. The van der Waals surface area contributed by atoms with Crippen LogP contribution in [0.5, 0.6) is 0 Å². The van der Waals surface area contributed by atoms with Crippen molar-refractivity contribution in [1.82, 2.24) is 19.6 Å². The first-order chi connectivity index (χ1) is 12.4. The van der Waals surface area contributed by atoms with Gasteiger partial charge in [-0.1, -0.05) is 12.1 Å². The second-order valence-corrected chi connectivity index (χ2v) is 7.73. The zero-order chi connectivity index (χ0) is 18.5. The van der Waals surface area contributed by atoms with Crippen LogP contribution in [0.1, 0.15) is 5.82 Å². The number of fused-ring (bicyclic) bond motifs is 3. The Morgan fingerprint density at radius 2 is 1.73 bits per heavy atom. The minimum absolute atomic E-state index is 0.0363. The minimum Gasteiger partial charge on any atom is -0.274 e. The Labute approximate surface area is 148 Å². The largest absolute Gasteiger partial charge is 0.274 e. The monoisotopic (exact) mass is 371 g/mol. The standard InChI is InChI=1S/C17H14FN5O2S/c1-11-20-21-17-16(19-14-5-3-4-6-15(14)23(11)17)22(2)26(24,25)13-9-7-12(18)8-10-13/h3-10H,1-2H3. The van der Waals surface area contributed by atoms with E-state index in [1.165, 1.54) is 19.2 Å². The number of nitrogens with zero attached hydrogens (tertiary/aromatic N) is 5. The fraction of sp³-hybridized carbons (Fsp3) is 0.118. The van der Waals surface area contributed by atoms with E-state index in [9.17, 15) is 12.8 Å². The Morgan fingerprint density at radius 3 is 2.46 bits per heavy atom. The van der Waals surface area contributed by atoms with Crippen molar-refractivity contribution in [3.8, 4) is 0 Å². The molecule has 0 fully saturated rings. The summed E-state index contributed by atoms with van der Waals surface area (Å²) >= 11 is 0. The van der Waals surface area contributed by atoms with E-state index in [1.54, 1.807) is 17.4 Å². The van der Waals surface area contributed by atoms with E-state index in [4.69, 9.17) is 0 Å². The second kappa shape index (κ2) is 5.73. The van der Waals surface area contributed by atoms with Gasteiger partial charge in [0.05, 0.1) is 15.9 Å². The highest BCUT2D eigenvalue weighted by molar-refractivity contribution is 7.92. The molecule has 9 heteroatoms. The quantitative estimate of drug-likeness (QED) is 0.553. The number of rotatable bonds is 3. The molecule has 0 atom stereocenters. The molecule has 0 amide bonds. The van der Waals surface area contributed by atoms with Crippen LogP contribution in [-0.2, 0) is 10.0 Å². The molecule has 0 bridgehead atoms. The van der Waals surface area contributed by atoms with Crippen LogP contribution in [0.2, 0.25) is 0 Å². The molecule has 0 saturated carbocycles. The molecule has 0 spiro atoms. The van der Waals surface area contributed by atoms with Gasteiger partial charge >= 0.3 is 0 Å². The average Bonchev–Trinajstić information content (AvgIpc) is 3.03. The summed E-state index contributed by atoms with van der Waals surface area (Å²) in [5, 5.41) is 8.15. The van der Waals surface area contributed by atoms with E-state index in [-0.39, 0.29) is 10.7 Å². The Bertz CT molecular complexity index is 1240. The molecule has 26 heavy (non-hydrogen) atoms. The van der Waals surface area contributed by atoms with Crippen molar-refractivity contribution in [2.75, 3.05) is 11.4 Å². The zero-order valence-electron chi connectivity index (χ0n) is 14.0. The van der Waals surface area contributed by atoms with Gasteiger partial charge in [-0.05, 0) is 43.3 Å². The molecule has 2 aromatic heterocycles. The van der Waals surface area contributed by atoms with Gasteiger partial charge in [-0.25, -0.2) is 22.1 Å². The summed E-state index contributed by atoms with van der Waals surface area (Å²) in [7, 11) is -2.55. The van der Waals surface area contributed by atoms with E-state index in [2.05, 4.69) is 15.2 Å². The van der Waals surface area contributed by atoms with Gasteiger partial charge < -0.3 is 0 Å². The third-order valence-corrected chi connectivity index (χ3v) is 5.91. The molecule has 0 aliphatic carbocycles. The van der Waals surface area contributed by atoms with Crippen molar-refractivity contribution in [3.63, 3.8) is 0 Å². The van der Waals surface area contributed by atoms with Crippen molar-refractivity contribution in [2.24, 2.45) is 0 Å². The molecule has 0 unspecified atom stereocenters. The Morgan fingerprint density at radius 1 is 1.04 bits per heavy atom. The predicted octanol–water partition coefficient (Wildman–Crippen LogP) is 2.55. The number of benzene rings is 2. The number of para-hydroxylation sites is 2. The highest BCUT2D eigenvalue weighted by Gasteiger charge is 2.26. The number of hydrogen-bond donors (Lipinski definition) is 0. The summed E-state index contributed by atoms with van der Waals surface area (Å²) in [5.74, 6) is 0.256. The summed E-state index contributed by atoms with van der Waals surface area (Å²) < 4.78 is 41.8. The Hall–Kier alpha value is -3.07. The van der Waals surface area contributed by atoms with Crippen LogP contribution in [0.25, 0.3) is 16.7 Å². The number of anilines is 1. The minimum atomic E-state index is -3.94. The number of hydrogen-bond acceptors (Lipinski definition) is 5. The van der Waals surface area contributed by atoms with Crippen LogP contribution in [0.15, 0.2) is 53.4 Å². The highest BCUT2D eigenvalue weighted by Crippen LogP contribution is 2.27. The molecule has 4 rings (SSSR count). The average molecular weight is 371 g/mol. The van der Waals surface area contributed by atoms with Crippen LogP contribution in [0, 0.1) is 12.7 Å². The molecule has 7 nitrogen and oxygen atoms in total. The normalized spacial score (nSPS) is 12.0. The fourth-order valence-corrected chi connectivity index (χ4v) is 3.94.